The number of aryl methyl sites for hydroxylation is 1. The molecule has 0 spiro atoms. The van der Waals surface area contributed by atoms with E-state index < -0.39 is 0 Å². The third-order valence-electron chi connectivity index (χ3n) is 4.57. The lowest BCUT2D eigenvalue weighted by atomic mass is 10.1. The lowest BCUT2D eigenvalue weighted by Gasteiger charge is -2.14. The van der Waals surface area contributed by atoms with Crippen LogP contribution in [-0.4, -0.2) is 6.54 Å². The molecule has 0 aliphatic heterocycles. The van der Waals surface area contributed by atoms with E-state index in [0.29, 0.717) is 23.2 Å². The van der Waals surface area contributed by atoms with Gasteiger partial charge in [0.15, 0.2) is 0 Å². The number of halogens is 3. The molecule has 28 heavy (non-hydrogen) atoms. The molecule has 3 rings (SSSR count). The summed E-state index contributed by atoms with van der Waals surface area (Å²) < 4.78 is 7.15. The summed E-state index contributed by atoms with van der Waals surface area (Å²) in [7, 11) is 0. The Bertz CT molecular complexity index is 946. The number of rotatable bonds is 8. The fourth-order valence-electron chi connectivity index (χ4n) is 2.93. The molecule has 0 bridgehead atoms. The van der Waals surface area contributed by atoms with E-state index in [1.165, 1.54) is 11.1 Å². The van der Waals surface area contributed by atoms with Gasteiger partial charge in [-0.15, -0.1) is 0 Å². The van der Waals surface area contributed by atoms with Crippen LogP contribution in [0, 0.1) is 6.92 Å². The van der Waals surface area contributed by atoms with Gasteiger partial charge in [-0.05, 0) is 66.9 Å². The maximum absolute atomic E-state index is 6.25. The van der Waals surface area contributed by atoms with Crippen LogP contribution in [0.1, 0.15) is 22.3 Å². The van der Waals surface area contributed by atoms with Crippen LogP contribution in [0.5, 0.6) is 5.75 Å². The molecular weight excluding hydrogens is 457 g/mol. The Morgan fingerprint density at radius 3 is 2.54 bits per heavy atom. The molecule has 0 saturated heterocycles. The molecule has 0 fully saturated rings. The number of ether oxygens (including phenoxy) is 1. The Balaban J connectivity index is 1.58. The summed E-state index contributed by atoms with van der Waals surface area (Å²) >= 11 is 15.8. The first kappa shape index (κ1) is 21.2. The molecule has 0 radical (unpaired) electrons. The van der Waals surface area contributed by atoms with E-state index in [0.717, 1.165) is 34.3 Å². The minimum atomic E-state index is 0.557. The Hall–Kier alpha value is -1.52. The van der Waals surface area contributed by atoms with Crippen LogP contribution < -0.4 is 10.1 Å². The Morgan fingerprint density at radius 2 is 1.75 bits per heavy atom. The zero-order valence-corrected chi connectivity index (χ0v) is 18.7. The monoisotopic (exact) mass is 477 g/mol. The molecule has 3 aromatic carbocycles. The van der Waals surface area contributed by atoms with Crippen molar-refractivity contribution in [3.63, 3.8) is 0 Å². The predicted octanol–water partition coefficient (Wildman–Crippen LogP) is 6.98. The van der Waals surface area contributed by atoms with Gasteiger partial charge in [0.1, 0.15) is 12.4 Å². The van der Waals surface area contributed by atoms with Gasteiger partial charge in [0, 0.05) is 26.6 Å². The Kier molecular flexibility index (Phi) is 7.81. The standard InChI is InChI=1S/C23H22BrCl2NO/c1-16-4-2-3-5-18(16)15-28-23-9-7-20(24)12-19(23)14-27-11-10-17-6-8-21(25)13-22(17)26/h2-9,12-13,27H,10-11,14-15H2,1H3. The normalized spacial score (nSPS) is 10.9. The minimum Gasteiger partial charge on any atom is -0.489 e. The molecular formula is C23H22BrCl2NO. The first-order valence-electron chi connectivity index (χ1n) is 9.13. The molecule has 0 saturated carbocycles. The lowest BCUT2D eigenvalue weighted by Crippen LogP contribution is -2.17. The van der Waals surface area contributed by atoms with Gasteiger partial charge in [0.2, 0.25) is 0 Å². The van der Waals surface area contributed by atoms with Gasteiger partial charge < -0.3 is 10.1 Å². The second-order valence-electron chi connectivity index (χ2n) is 6.63. The van der Waals surface area contributed by atoms with Gasteiger partial charge in [0.05, 0.1) is 0 Å². The topological polar surface area (TPSA) is 21.3 Å². The molecule has 5 heteroatoms. The van der Waals surface area contributed by atoms with E-state index in [1.54, 1.807) is 6.07 Å². The summed E-state index contributed by atoms with van der Waals surface area (Å²) in [5.41, 5.74) is 4.63. The Labute approximate surface area is 185 Å². The molecule has 1 N–H and O–H groups in total. The van der Waals surface area contributed by atoms with E-state index in [2.05, 4.69) is 46.4 Å². The summed E-state index contributed by atoms with van der Waals surface area (Å²) in [6, 6.07) is 20.0. The highest BCUT2D eigenvalue weighted by Gasteiger charge is 2.07. The SMILES string of the molecule is Cc1ccccc1COc1ccc(Br)cc1CNCCc1ccc(Cl)cc1Cl. The zero-order chi connectivity index (χ0) is 19.9. The van der Waals surface area contributed by atoms with E-state index in [-0.39, 0.29) is 0 Å². The van der Waals surface area contributed by atoms with Gasteiger partial charge in [-0.1, -0.05) is 69.5 Å². The molecule has 0 heterocycles. The van der Waals surface area contributed by atoms with Crippen LogP contribution >= 0.6 is 39.1 Å². The maximum Gasteiger partial charge on any atom is 0.124 e. The first-order valence-corrected chi connectivity index (χ1v) is 10.7. The third-order valence-corrected chi connectivity index (χ3v) is 5.65. The highest BCUT2D eigenvalue weighted by molar-refractivity contribution is 9.10. The highest BCUT2D eigenvalue weighted by Crippen LogP contribution is 2.25. The summed E-state index contributed by atoms with van der Waals surface area (Å²) in [6.45, 7) is 4.19. The highest BCUT2D eigenvalue weighted by atomic mass is 79.9. The van der Waals surface area contributed by atoms with Crippen LogP contribution in [-0.2, 0) is 19.6 Å². The second kappa shape index (κ2) is 10.3. The third kappa shape index (κ3) is 5.99. The molecule has 0 aromatic heterocycles. The minimum absolute atomic E-state index is 0.557. The summed E-state index contributed by atoms with van der Waals surface area (Å²) in [5, 5.41) is 4.84. The quantitative estimate of drug-likeness (QED) is 0.352. The smallest absolute Gasteiger partial charge is 0.124 e. The summed E-state index contributed by atoms with van der Waals surface area (Å²) in [4.78, 5) is 0. The van der Waals surface area contributed by atoms with Crippen molar-refractivity contribution < 1.29 is 4.74 Å². The molecule has 146 valence electrons. The van der Waals surface area contributed by atoms with Crippen molar-refractivity contribution >= 4 is 39.1 Å². The van der Waals surface area contributed by atoms with Crippen LogP contribution in [0.4, 0.5) is 0 Å². The average Bonchev–Trinajstić information content (AvgIpc) is 2.67. The van der Waals surface area contributed by atoms with Gasteiger partial charge in [-0.25, -0.2) is 0 Å². The van der Waals surface area contributed by atoms with Gasteiger partial charge >= 0.3 is 0 Å². The van der Waals surface area contributed by atoms with E-state index in [4.69, 9.17) is 27.9 Å². The lowest BCUT2D eigenvalue weighted by molar-refractivity contribution is 0.301. The number of benzene rings is 3. The van der Waals surface area contributed by atoms with E-state index in [9.17, 15) is 0 Å². The molecule has 0 unspecified atom stereocenters. The van der Waals surface area contributed by atoms with Crippen molar-refractivity contribution in [2.24, 2.45) is 0 Å². The van der Waals surface area contributed by atoms with Crippen LogP contribution in [0.15, 0.2) is 65.1 Å². The first-order chi connectivity index (χ1) is 13.5. The van der Waals surface area contributed by atoms with Crippen molar-refractivity contribution in [3.05, 3.63) is 97.4 Å². The largest absolute Gasteiger partial charge is 0.489 e. The number of hydrogen-bond acceptors (Lipinski definition) is 2. The summed E-state index contributed by atoms with van der Waals surface area (Å²) in [6.07, 6.45) is 0.837. The van der Waals surface area contributed by atoms with Crippen LogP contribution in [0.25, 0.3) is 0 Å². The van der Waals surface area contributed by atoms with Gasteiger partial charge in [-0.3, -0.25) is 0 Å². The molecule has 0 amide bonds. The molecule has 2 nitrogen and oxygen atoms in total. The number of hydrogen-bond donors (Lipinski definition) is 1. The van der Waals surface area contributed by atoms with Crippen LogP contribution in [0.2, 0.25) is 10.0 Å². The predicted molar refractivity (Wildman–Crippen MR) is 122 cm³/mol. The zero-order valence-electron chi connectivity index (χ0n) is 15.6. The van der Waals surface area contributed by atoms with E-state index in [1.807, 2.05) is 36.4 Å². The van der Waals surface area contributed by atoms with Crippen molar-refractivity contribution in [1.82, 2.24) is 5.32 Å². The van der Waals surface area contributed by atoms with Crippen molar-refractivity contribution in [2.75, 3.05) is 6.54 Å². The van der Waals surface area contributed by atoms with Gasteiger partial charge in [-0.2, -0.15) is 0 Å². The number of nitrogens with one attached hydrogen (secondary N) is 1. The molecule has 0 aliphatic rings. The van der Waals surface area contributed by atoms with Crippen LogP contribution in [0.3, 0.4) is 0 Å². The van der Waals surface area contributed by atoms with Crippen molar-refractivity contribution in [3.8, 4) is 5.75 Å². The fourth-order valence-corrected chi connectivity index (χ4v) is 3.84. The Morgan fingerprint density at radius 1 is 0.929 bits per heavy atom. The second-order valence-corrected chi connectivity index (χ2v) is 8.39. The van der Waals surface area contributed by atoms with Gasteiger partial charge in [0.25, 0.3) is 0 Å². The van der Waals surface area contributed by atoms with E-state index >= 15 is 0 Å². The maximum atomic E-state index is 6.25. The van der Waals surface area contributed by atoms with Crippen molar-refractivity contribution in [1.29, 1.82) is 0 Å². The van der Waals surface area contributed by atoms with Crippen molar-refractivity contribution in [2.45, 2.75) is 26.5 Å². The molecule has 0 atom stereocenters. The molecule has 0 aliphatic carbocycles. The average molecular weight is 479 g/mol. The summed E-state index contributed by atoms with van der Waals surface area (Å²) in [5.74, 6) is 0.892. The fraction of sp³-hybridized carbons (Fsp3) is 0.217. The molecule has 3 aromatic rings.